The Morgan fingerprint density at radius 3 is 1.86 bits per heavy atom. The van der Waals surface area contributed by atoms with E-state index < -0.39 is 8.32 Å². The van der Waals surface area contributed by atoms with Crippen LogP contribution in [0.2, 0.25) is 19.6 Å². The molecular weight excluding hydrogens is 143 g/mol. The van der Waals surface area contributed by atoms with Crippen LogP contribution in [0.5, 0.6) is 0 Å². The lowest BCUT2D eigenvalue weighted by atomic mass is 11.8. The summed E-state index contributed by atoms with van der Waals surface area (Å²) >= 11 is 4.64. The summed E-state index contributed by atoms with van der Waals surface area (Å²) in [6.07, 6.45) is 0. The van der Waals surface area contributed by atoms with E-state index in [4.69, 9.17) is 4.21 Å². The Morgan fingerprint density at radius 1 is 1.43 bits per heavy atom. The molecule has 1 unspecified atom stereocenters. The quantitative estimate of drug-likeness (QED) is 0.442. The normalized spacial score (nSPS) is 12.4. The molecule has 0 aromatic carbocycles. The predicted molar refractivity (Wildman–Crippen MR) is 40.1 cm³/mol. The lowest BCUT2D eigenvalue weighted by Crippen LogP contribution is -2.19. The third-order valence-electron chi connectivity index (χ3n) is 0.348. The number of rotatable bonds is 2. The van der Waals surface area contributed by atoms with Gasteiger partial charge in [-0.05, 0) is 19.6 Å². The first-order chi connectivity index (χ1) is 3.06. The first-order valence-corrected chi connectivity index (χ1v) is 7.56. The van der Waals surface area contributed by atoms with E-state index in [1.807, 2.05) is 0 Å². The van der Waals surface area contributed by atoms with Gasteiger partial charge in [0.25, 0.3) is 8.32 Å². The summed E-state index contributed by atoms with van der Waals surface area (Å²) < 4.78 is 5.21. The maximum Gasteiger partial charge on any atom is 0.310 e. The van der Waals surface area contributed by atoms with Crippen LogP contribution in [0, 0.1) is 0 Å². The average Bonchev–Trinajstić information content (AvgIpc) is 1.30. The molecule has 0 saturated heterocycles. The Hall–Kier alpha value is 0.697. The molecule has 1 nitrogen and oxygen atoms in total. The molecule has 0 radical (unpaired) electrons. The van der Waals surface area contributed by atoms with Gasteiger partial charge in [-0.2, -0.15) is 0 Å². The molecular formula is C3H10OPSSi+. The topological polar surface area (TPSA) is 9.23 Å². The number of hydrogen-bond donors (Lipinski definition) is 0. The lowest BCUT2D eigenvalue weighted by Gasteiger charge is -2.02. The Labute approximate surface area is 52.1 Å². The summed E-state index contributed by atoms with van der Waals surface area (Å²) in [7, 11) is -0.995. The molecule has 0 spiro atoms. The van der Waals surface area contributed by atoms with E-state index in [0.29, 0.717) is 0 Å². The van der Waals surface area contributed by atoms with Gasteiger partial charge in [-0.1, -0.05) is 0 Å². The maximum atomic E-state index is 5.21. The van der Waals surface area contributed by atoms with Gasteiger partial charge in [-0.15, -0.1) is 0 Å². The fraction of sp³-hybridized carbons (Fsp3) is 1.00. The van der Waals surface area contributed by atoms with Gasteiger partial charge >= 0.3 is 7.58 Å². The molecule has 7 heavy (non-hydrogen) atoms. The van der Waals surface area contributed by atoms with E-state index in [9.17, 15) is 0 Å². The molecule has 0 aliphatic heterocycles. The molecule has 1 atom stereocenters. The Kier molecular flexibility index (Phi) is 3.16. The molecule has 4 heteroatoms. The van der Waals surface area contributed by atoms with Gasteiger partial charge in [0.1, 0.15) is 0 Å². The van der Waals surface area contributed by atoms with E-state index in [-0.39, 0.29) is 7.58 Å². The van der Waals surface area contributed by atoms with Crippen LogP contribution in [-0.4, -0.2) is 8.32 Å². The van der Waals surface area contributed by atoms with E-state index in [1.165, 1.54) is 0 Å². The van der Waals surface area contributed by atoms with Crippen LogP contribution in [0.3, 0.4) is 0 Å². The van der Waals surface area contributed by atoms with E-state index in [0.717, 1.165) is 0 Å². The van der Waals surface area contributed by atoms with Crippen molar-refractivity contribution in [3.63, 3.8) is 0 Å². The van der Waals surface area contributed by atoms with Crippen molar-refractivity contribution in [2.75, 3.05) is 0 Å². The minimum Gasteiger partial charge on any atom is -0.225 e. The van der Waals surface area contributed by atoms with E-state index in [1.54, 1.807) is 0 Å². The summed E-state index contributed by atoms with van der Waals surface area (Å²) in [5, 5.41) is 0. The largest absolute Gasteiger partial charge is 0.310 e. The van der Waals surface area contributed by atoms with Crippen molar-refractivity contribution in [3.8, 4) is 0 Å². The van der Waals surface area contributed by atoms with Crippen molar-refractivity contribution >= 4 is 27.7 Å². The van der Waals surface area contributed by atoms with Crippen LogP contribution in [-0.2, 0) is 16.0 Å². The highest BCUT2D eigenvalue weighted by Gasteiger charge is 2.17. The van der Waals surface area contributed by atoms with Gasteiger partial charge in [0.05, 0.1) is 0 Å². The van der Waals surface area contributed by atoms with E-state index >= 15 is 0 Å². The zero-order valence-electron chi connectivity index (χ0n) is 4.82. The van der Waals surface area contributed by atoms with Gasteiger partial charge in [-0.25, -0.2) is 4.21 Å². The van der Waals surface area contributed by atoms with Crippen LogP contribution >= 0.6 is 7.58 Å². The van der Waals surface area contributed by atoms with Crippen molar-refractivity contribution in [2.24, 2.45) is 0 Å². The summed E-state index contributed by atoms with van der Waals surface area (Å²) in [5.74, 6) is 0. The van der Waals surface area contributed by atoms with Crippen LogP contribution in [0.25, 0.3) is 0 Å². The van der Waals surface area contributed by atoms with Crippen molar-refractivity contribution in [3.05, 3.63) is 0 Å². The highest BCUT2D eigenvalue weighted by molar-refractivity contribution is 7.94. The molecule has 0 N–H and O–H groups in total. The highest BCUT2D eigenvalue weighted by Crippen LogP contribution is 2.09. The second kappa shape index (κ2) is 2.87. The summed E-state index contributed by atoms with van der Waals surface area (Å²) in [5.41, 5.74) is 0. The Morgan fingerprint density at radius 2 is 1.86 bits per heavy atom. The van der Waals surface area contributed by atoms with Crippen LogP contribution in [0.1, 0.15) is 0 Å². The van der Waals surface area contributed by atoms with Gasteiger partial charge in [0.15, 0.2) is 11.8 Å². The molecule has 42 valence electrons. The third-order valence-corrected chi connectivity index (χ3v) is 3.88. The van der Waals surface area contributed by atoms with Crippen molar-refractivity contribution < 1.29 is 4.21 Å². The molecule has 0 heterocycles. The molecule has 0 fully saturated rings. The number of hydrogen-bond acceptors (Lipinski definition) is 2. The maximum absolute atomic E-state index is 5.21. The second-order valence-electron chi connectivity index (χ2n) is 2.30. The molecule has 0 aromatic heterocycles. The Balaban J connectivity index is 3.34. The molecule has 0 saturated carbocycles. The molecule has 0 rings (SSSR count). The average molecular weight is 153 g/mol. The first kappa shape index (κ1) is 7.70. The van der Waals surface area contributed by atoms with Gasteiger partial charge in [-0.3, -0.25) is 0 Å². The molecule has 0 aromatic rings. The summed E-state index contributed by atoms with van der Waals surface area (Å²) in [4.78, 5) is 0. The lowest BCUT2D eigenvalue weighted by molar-refractivity contribution is 0.650. The fourth-order valence-electron chi connectivity index (χ4n) is 0.125. The summed E-state index contributed by atoms with van der Waals surface area (Å²) in [6.45, 7) is 6.39. The highest BCUT2D eigenvalue weighted by atomic mass is 32.4. The third kappa shape index (κ3) is 6.70. The van der Waals surface area contributed by atoms with Gasteiger partial charge in [0, 0.05) is 0 Å². The van der Waals surface area contributed by atoms with Gasteiger partial charge < -0.3 is 0 Å². The van der Waals surface area contributed by atoms with Crippen LogP contribution < -0.4 is 0 Å². The van der Waals surface area contributed by atoms with Crippen LogP contribution in [0.4, 0.5) is 0 Å². The van der Waals surface area contributed by atoms with Crippen LogP contribution in [0.15, 0.2) is 0 Å². The van der Waals surface area contributed by atoms with Crippen molar-refractivity contribution in [1.82, 2.24) is 0 Å². The Bertz CT molecular complexity index is 69.8. The predicted octanol–water partition coefficient (Wildman–Crippen LogP) is 1.89. The smallest absolute Gasteiger partial charge is 0.225 e. The fourth-order valence-corrected chi connectivity index (χ4v) is 3.38. The van der Waals surface area contributed by atoms with Crippen molar-refractivity contribution in [2.45, 2.75) is 19.6 Å². The monoisotopic (exact) mass is 153 g/mol. The molecule has 0 aliphatic carbocycles. The summed E-state index contributed by atoms with van der Waals surface area (Å²) in [6, 6.07) is 0. The standard InChI is InChI=1S/C3H9OPSSi/c1-7(2,3)4-5-6/h1-3H3/p+1. The molecule has 0 aliphatic rings. The zero-order valence-corrected chi connectivity index (χ0v) is 7.63. The van der Waals surface area contributed by atoms with E-state index in [2.05, 4.69) is 31.4 Å². The minimum atomic E-state index is -1.25. The molecule has 0 amide bonds. The SMILES string of the molecule is C[Si](C)(C)O[PH+]=S. The zero-order chi connectivity index (χ0) is 5.91. The minimum absolute atomic E-state index is 0.254. The van der Waals surface area contributed by atoms with Gasteiger partial charge in [0.2, 0.25) is 0 Å². The first-order valence-electron chi connectivity index (χ1n) is 2.11. The molecule has 0 bridgehead atoms. The van der Waals surface area contributed by atoms with Crippen molar-refractivity contribution in [1.29, 1.82) is 0 Å². The second-order valence-corrected chi connectivity index (χ2v) is 8.01.